The second kappa shape index (κ2) is 3.42. The Kier molecular flexibility index (Phi) is 2.57. The number of hydrogen-bond acceptors (Lipinski definition) is 4. The van der Waals surface area contributed by atoms with E-state index in [-0.39, 0.29) is 0 Å². The summed E-state index contributed by atoms with van der Waals surface area (Å²) < 4.78 is 7.62. The zero-order valence-corrected chi connectivity index (χ0v) is 9.43. The zero-order chi connectivity index (χ0) is 9.47. The summed E-state index contributed by atoms with van der Waals surface area (Å²) in [5.41, 5.74) is 0.410. The van der Waals surface area contributed by atoms with Crippen LogP contribution in [0.1, 0.15) is 20.3 Å². The van der Waals surface area contributed by atoms with Crippen LogP contribution in [0.3, 0.4) is 0 Å². The van der Waals surface area contributed by atoms with Gasteiger partial charge < -0.3 is 4.18 Å². The van der Waals surface area contributed by atoms with Crippen molar-refractivity contribution in [1.82, 2.24) is 9.21 Å². The molecule has 0 aromatic rings. The monoisotopic (exact) mass is 202 g/mol. The Labute approximate surface area is 84.7 Å². The minimum atomic E-state index is 0.410. The second-order valence-electron chi connectivity index (χ2n) is 4.37. The van der Waals surface area contributed by atoms with Crippen LogP contribution >= 0.6 is 12.2 Å². The lowest BCUT2D eigenvalue weighted by molar-refractivity contribution is -0.0422. The summed E-state index contributed by atoms with van der Waals surface area (Å²) in [6.45, 7) is 7.84. The summed E-state index contributed by atoms with van der Waals surface area (Å²) in [5.74, 6) is 0. The Hall–Kier alpha value is 0.230. The van der Waals surface area contributed by atoms with Gasteiger partial charge in [-0.3, -0.25) is 4.90 Å². The molecule has 2 saturated heterocycles. The van der Waals surface area contributed by atoms with Crippen LogP contribution in [0.25, 0.3) is 0 Å². The van der Waals surface area contributed by atoms with E-state index in [0.29, 0.717) is 11.6 Å². The Morgan fingerprint density at radius 2 is 2.08 bits per heavy atom. The lowest BCUT2D eigenvalue weighted by Gasteiger charge is -2.57. The average molecular weight is 202 g/mol. The number of nitrogens with zero attached hydrogens (tertiary/aromatic N) is 2. The molecule has 0 radical (unpaired) electrons. The third kappa shape index (κ3) is 1.61. The number of hydrogen-bond donors (Lipinski definition) is 0. The van der Waals surface area contributed by atoms with Gasteiger partial charge >= 0.3 is 0 Å². The Balaban J connectivity index is 1.93. The van der Waals surface area contributed by atoms with Crippen LogP contribution in [0.2, 0.25) is 0 Å². The van der Waals surface area contributed by atoms with Crippen LogP contribution in [0, 0.1) is 0 Å². The van der Waals surface area contributed by atoms with Gasteiger partial charge in [0.2, 0.25) is 0 Å². The normalized spacial score (nSPS) is 29.5. The van der Waals surface area contributed by atoms with Crippen LogP contribution < -0.4 is 0 Å². The van der Waals surface area contributed by atoms with E-state index < -0.39 is 0 Å². The molecule has 0 saturated carbocycles. The van der Waals surface area contributed by atoms with E-state index in [1.807, 2.05) is 0 Å². The molecule has 0 bridgehead atoms. The highest BCUT2D eigenvalue weighted by atomic mass is 32.2. The summed E-state index contributed by atoms with van der Waals surface area (Å²) >= 11 is 1.52. The summed E-state index contributed by atoms with van der Waals surface area (Å²) in [5, 5.41) is 0. The topological polar surface area (TPSA) is 15.7 Å². The predicted molar refractivity (Wildman–Crippen MR) is 55.4 cm³/mol. The van der Waals surface area contributed by atoms with Crippen molar-refractivity contribution in [2.45, 2.75) is 31.8 Å². The summed E-state index contributed by atoms with van der Waals surface area (Å²) in [6, 6.07) is 0.687. The molecule has 0 N–H and O–H groups in total. The van der Waals surface area contributed by atoms with Gasteiger partial charge in [0.05, 0.1) is 24.4 Å². The molecular formula is C9H18N2OS. The van der Waals surface area contributed by atoms with Crippen molar-refractivity contribution in [2.24, 2.45) is 0 Å². The molecule has 76 valence electrons. The number of rotatable bonds is 1. The van der Waals surface area contributed by atoms with Gasteiger partial charge in [-0.05, 0) is 20.3 Å². The molecule has 0 atom stereocenters. The van der Waals surface area contributed by atoms with Crippen molar-refractivity contribution in [3.05, 3.63) is 0 Å². The van der Waals surface area contributed by atoms with E-state index in [2.05, 4.69) is 30.1 Å². The van der Waals surface area contributed by atoms with Gasteiger partial charge in [0, 0.05) is 26.2 Å². The van der Waals surface area contributed by atoms with Crippen LogP contribution in [0.15, 0.2) is 0 Å². The lowest BCUT2D eigenvalue weighted by Crippen LogP contribution is -2.70. The van der Waals surface area contributed by atoms with Crippen molar-refractivity contribution in [3.63, 3.8) is 0 Å². The molecule has 4 heteroatoms. The molecule has 1 spiro atoms. The number of likely N-dealkylation sites (tertiary alicyclic amines) is 1. The van der Waals surface area contributed by atoms with E-state index in [1.54, 1.807) is 0 Å². The SMILES string of the molecule is CC(C)N1CC2(CCOSN2C)C1. The Bertz CT molecular complexity index is 192. The predicted octanol–water partition coefficient (Wildman–Crippen LogP) is 1.36. The summed E-state index contributed by atoms with van der Waals surface area (Å²) in [4.78, 5) is 2.52. The highest BCUT2D eigenvalue weighted by Crippen LogP contribution is 2.39. The van der Waals surface area contributed by atoms with Crippen molar-refractivity contribution >= 4 is 12.2 Å². The van der Waals surface area contributed by atoms with Gasteiger partial charge in [0.25, 0.3) is 0 Å². The average Bonchev–Trinajstić information content (AvgIpc) is 2.01. The highest BCUT2D eigenvalue weighted by Gasteiger charge is 2.48. The second-order valence-corrected chi connectivity index (χ2v) is 5.30. The van der Waals surface area contributed by atoms with Gasteiger partial charge in [-0.2, -0.15) is 0 Å². The van der Waals surface area contributed by atoms with Gasteiger partial charge in [-0.1, -0.05) is 0 Å². The molecule has 0 aliphatic carbocycles. The maximum Gasteiger partial charge on any atom is 0.0822 e. The van der Waals surface area contributed by atoms with Gasteiger partial charge in [0.1, 0.15) is 0 Å². The molecule has 0 unspecified atom stereocenters. The molecule has 2 aliphatic heterocycles. The highest BCUT2D eigenvalue weighted by molar-refractivity contribution is 7.92. The first-order valence-corrected chi connectivity index (χ1v) is 5.61. The first-order valence-electron chi connectivity index (χ1n) is 4.91. The maximum absolute atomic E-state index is 5.33. The summed E-state index contributed by atoms with van der Waals surface area (Å²) in [6.07, 6.45) is 1.18. The van der Waals surface area contributed by atoms with Crippen molar-refractivity contribution < 1.29 is 4.18 Å². The van der Waals surface area contributed by atoms with Gasteiger partial charge in [0.15, 0.2) is 0 Å². The third-order valence-corrected chi connectivity index (χ3v) is 4.09. The van der Waals surface area contributed by atoms with Crippen molar-refractivity contribution in [3.8, 4) is 0 Å². The molecule has 2 aliphatic rings. The quantitative estimate of drug-likeness (QED) is 0.471. The fourth-order valence-electron chi connectivity index (χ4n) is 2.02. The maximum atomic E-state index is 5.33. The Morgan fingerprint density at radius 1 is 1.38 bits per heavy atom. The van der Waals surface area contributed by atoms with E-state index in [1.165, 1.54) is 31.7 Å². The molecule has 2 heterocycles. The van der Waals surface area contributed by atoms with E-state index in [9.17, 15) is 0 Å². The largest absolute Gasteiger partial charge is 0.301 e. The molecule has 0 amide bonds. The minimum Gasteiger partial charge on any atom is -0.301 e. The van der Waals surface area contributed by atoms with Crippen molar-refractivity contribution in [2.75, 3.05) is 26.7 Å². The Morgan fingerprint density at radius 3 is 2.62 bits per heavy atom. The first kappa shape index (κ1) is 9.77. The molecule has 0 aromatic heterocycles. The fraction of sp³-hybridized carbons (Fsp3) is 1.00. The molecule has 2 rings (SSSR count). The standard InChI is InChI=1S/C9H18N2OS/c1-8(2)11-6-9(7-11)4-5-12-13-10(9)3/h8H,4-7H2,1-3H3. The molecule has 13 heavy (non-hydrogen) atoms. The molecule has 2 fully saturated rings. The van der Waals surface area contributed by atoms with Gasteiger partial charge in [-0.15, -0.1) is 0 Å². The molecular weight excluding hydrogens is 184 g/mol. The van der Waals surface area contributed by atoms with Crippen LogP contribution in [-0.2, 0) is 4.18 Å². The number of likely N-dealkylation sites (N-methyl/N-ethyl adjacent to an activating group) is 1. The smallest absolute Gasteiger partial charge is 0.0822 e. The van der Waals surface area contributed by atoms with E-state index >= 15 is 0 Å². The van der Waals surface area contributed by atoms with Crippen molar-refractivity contribution in [1.29, 1.82) is 0 Å². The van der Waals surface area contributed by atoms with Crippen LogP contribution in [-0.4, -0.2) is 47.5 Å². The third-order valence-electron chi connectivity index (χ3n) is 3.21. The van der Waals surface area contributed by atoms with E-state index in [4.69, 9.17) is 4.18 Å². The molecule has 0 aromatic carbocycles. The molecule has 3 nitrogen and oxygen atoms in total. The van der Waals surface area contributed by atoms with E-state index in [0.717, 1.165) is 6.61 Å². The summed E-state index contributed by atoms with van der Waals surface area (Å²) in [7, 11) is 2.14. The van der Waals surface area contributed by atoms with Crippen LogP contribution in [0.5, 0.6) is 0 Å². The van der Waals surface area contributed by atoms with Crippen LogP contribution in [0.4, 0.5) is 0 Å². The first-order chi connectivity index (χ1) is 6.14. The fourth-order valence-corrected chi connectivity index (χ4v) is 2.70. The zero-order valence-electron chi connectivity index (χ0n) is 8.62. The lowest BCUT2D eigenvalue weighted by atomic mass is 9.85. The minimum absolute atomic E-state index is 0.410. The van der Waals surface area contributed by atoms with Gasteiger partial charge in [-0.25, -0.2) is 4.31 Å².